The van der Waals surface area contributed by atoms with Gasteiger partial charge >= 0.3 is 5.91 Å². The summed E-state index contributed by atoms with van der Waals surface area (Å²) in [5, 5.41) is 4.81. The van der Waals surface area contributed by atoms with Crippen LogP contribution in [0.25, 0.3) is 0 Å². The highest BCUT2D eigenvalue weighted by Crippen LogP contribution is 2.28. The summed E-state index contributed by atoms with van der Waals surface area (Å²) in [5.74, 6) is -0.166. The zero-order valence-electron chi connectivity index (χ0n) is 13.0. The number of hydrogen-bond donors (Lipinski definition) is 2. The van der Waals surface area contributed by atoms with E-state index in [1.54, 1.807) is 22.9 Å². The summed E-state index contributed by atoms with van der Waals surface area (Å²) in [6.45, 7) is 3.02. The Bertz CT molecular complexity index is 781. The van der Waals surface area contributed by atoms with Crippen LogP contribution in [0.1, 0.15) is 36.8 Å². The van der Waals surface area contributed by atoms with Crippen LogP contribution in [-0.2, 0) is 9.59 Å². The first kappa shape index (κ1) is 15.4. The summed E-state index contributed by atoms with van der Waals surface area (Å²) in [5.41, 5.74) is 5.85. The van der Waals surface area contributed by atoms with Gasteiger partial charge in [-0.3, -0.25) is 4.79 Å². The zero-order chi connectivity index (χ0) is 16.4. The van der Waals surface area contributed by atoms with Gasteiger partial charge in [0.05, 0.1) is 13.3 Å². The Morgan fingerprint density at radius 2 is 2.09 bits per heavy atom. The molecular weight excluding hydrogens is 310 g/mol. The Morgan fingerprint density at radius 1 is 1.26 bits per heavy atom. The third-order valence-corrected chi connectivity index (χ3v) is 4.66. The molecule has 0 saturated heterocycles. The molecule has 5 nitrogen and oxygen atoms in total. The molecule has 23 heavy (non-hydrogen) atoms. The van der Waals surface area contributed by atoms with Crippen molar-refractivity contribution in [3.8, 4) is 0 Å². The normalized spacial score (nSPS) is 17.0. The summed E-state index contributed by atoms with van der Waals surface area (Å²) in [6, 6.07) is 11.7. The molecule has 1 unspecified atom stereocenters. The van der Waals surface area contributed by atoms with E-state index in [9.17, 15) is 9.59 Å². The van der Waals surface area contributed by atoms with Crippen molar-refractivity contribution in [2.24, 2.45) is 0 Å². The summed E-state index contributed by atoms with van der Waals surface area (Å²) >= 11 is 1.67. The number of carbonyl (C=O) groups excluding carboxylic acids is 2. The second kappa shape index (κ2) is 6.34. The van der Waals surface area contributed by atoms with E-state index in [4.69, 9.17) is 0 Å². The number of benzene rings is 1. The topological polar surface area (TPSA) is 61.2 Å². The number of anilines is 1. The van der Waals surface area contributed by atoms with Crippen molar-refractivity contribution in [2.75, 3.05) is 5.32 Å². The molecule has 2 heterocycles. The lowest BCUT2D eigenvalue weighted by Gasteiger charge is -2.04. The largest absolute Gasteiger partial charge is 0.411 e. The van der Waals surface area contributed by atoms with Crippen molar-refractivity contribution in [1.29, 1.82) is 0 Å². The number of thiophene rings is 1. The number of nitrogens with zero attached hydrogens (tertiary/aromatic N) is 1. The third kappa shape index (κ3) is 3.32. The molecule has 1 aliphatic rings. The maximum absolute atomic E-state index is 12.0. The first-order chi connectivity index (χ1) is 11.0. The van der Waals surface area contributed by atoms with Crippen LogP contribution >= 0.6 is 11.3 Å². The number of amides is 2. The highest BCUT2D eigenvalue weighted by molar-refractivity contribution is 7.10. The Labute approximate surface area is 138 Å². The first-order valence-corrected chi connectivity index (χ1v) is 8.26. The number of hydrazine groups is 1. The summed E-state index contributed by atoms with van der Waals surface area (Å²) in [6.07, 6.45) is 0.726. The van der Waals surface area contributed by atoms with Gasteiger partial charge in [-0.2, -0.15) is 5.43 Å². The van der Waals surface area contributed by atoms with E-state index < -0.39 is 0 Å². The van der Waals surface area contributed by atoms with Crippen molar-refractivity contribution in [2.45, 2.75) is 26.3 Å². The maximum Gasteiger partial charge on any atom is 0.411 e. The molecule has 2 aromatic rings. The molecule has 6 heteroatoms. The van der Waals surface area contributed by atoms with Gasteiger partial charge in [-0.25, -0.2) is 4.79 Å². The van der Waals surface area contributed by atoms with E-state index in [1.807, 2.05) is 35.7 Å². The van der Waals surface area contributed by atoms with Crippen LogP contribution < -0.4 is 10.7 Å². The average Bonchev–Trinajstić information content (AvgIpc) is 3.16. The van der Waals surface area contributed by atoms with Gasteiger partial charge in [0, 0.05) is 23.1 Å². The average molecular weight is 328 g/mol. The molecule has 118 valence electrons. The molecule has 0 aliphatic carbocycles. The number of rotatable bonds is 3. The lowest BCUT2D eigenvalue weighted by atomic mass is 10.0. The molecule has 0 saturated carbocycles. The van der Waals surface area contributed by atoms with Crippen LogP contribution in [0.15, 0.2) is 41.8 Å². The second-order valence-electron chi connectivity index (χ2n) is 5.46. The molecule has 1 aliphatic heterocycles. The fourth-order valence-corrected chi connectivity index (χ4v) is 3.50. The van der Waals surface area contributed by atoms with Crippen LogP contribution in [0.3, 0.4) is 0 Å². The number of hydrogen-bond acceptors (Lipinski definition) is 4. The minimum Gasteiger partial charge on any atom is -0.326 e. The number of carbonyl (C=O) groups is 2. The molecule has 1 aromatic carbocycles. The molecule has 0 bridgehead atoms. The maximum atomic E-state index is 12.0. The van der Waals surface area contributed by atoms with E-state index >= 15 is 0 Å². The van der Waals surface area contributed by atoms with Gasteiger partial charge in [0.2, 0.25) is 11.6 Å². The highest BCUT2D eigenvalue weighted by Gasteiger charge is 2.36. The Kier molecular flexibility index (Phi) is 4.25. The van der Waals surface area contributed by atoms with Gasteiger partial charge in [0.25, 0.3) is 0 Å². The summed E-state index contributed by atoms with van der Waals surface area (Å²) in [7, 11) is 0. The van der Waals surface area contributed by atoms with Gasteiger partial charge < -0.3 is 5.32 Å². The Balaban J connectivity index is 1.94. The summed E-state index contributed by atoms with van der Waals surface area (Å²) in [4.78, 5) is 24.4. The molecule has 3 rings (SSSR count). The van der Waals surface area contributed by atoms with E-state index in [2.05, 4.69) is 16.8 Å². The van der Waals surface area contributed by atoms with Crippen LogP contribution in [0.5, 0.6) is 0 Å². The predicted molar refractivity (Wildman–Crippen MR) is 90.6 cm³/mol. The fraction of sp³-hybridized carbons (Fsp3) is 0.235. The molecular formula is C17H18N3O2S+. The van der Waals surface area contributed by atoms with Gasteiger partial charge in [0.15, 0.2) is 0 Å². The first-order valence-electron chi connectivity index (χ1n) is 7.38. The molecule has 1 aromatic heterocycles. The Hall–Kier alpha value is -2.47. The lowest BCUT2D eigenvalue weighted by Crippen LogP contribution is -2.31. The van der Waals surface area contributed by atoms with Crippen LogP contribution in [-0.4, -0.2) is 22.2 Å². The van der Waals surface area contributed by atoms with Crippen LogP contribution in [0.4, 0.5) is 5.69 Å². The predicted octanol–water partition coefficient (Wildman–Crippen LogP) is 2.70. The van der Waals surface area contributed by atoms with E-state index in [-0.39, 0.29) is 17.9 Å². The quantitative estimate of drug-likeness (QED) is 0.852. The van der Waals surface area contributed by atoms with Crippen molar-refractivity contribution in [3.05, 3.63) is 52.2 Å². The van der Waals surface area contributed by atoms with Crippen molar-refractivity contribution in [3.63, 3.8) is 0 Å². The minimum atomic E-state index is -0.114. The Morgan fingerprint density at radius 3 is 2.74 bits per heavy atom. The lowest BCUT2D eigenvalue weighted by molar-refractivity contribution is -0.504. The fourth-order valence-electron chi connectivity index (χ4n) is 2.73. The molecule has 0 fully saturated rings. The highest BCUT2D eigenvalue weighted by atomic mass is 32.1. The summed E-state index contributed by atoms with van der Waals surface area (Å²) < 4.78 is 1.61. The molecule has 2 N–H and O–H groups in total. The second-order valence-corrected chi connectivity index (χ2v) is 6.44. The van der Waals surface area contributed by atoms with Gasteiger partial charge in [0.1, 0.15) is 6.04 Å². The third-order valence-electron chi connectivity index (χ3n) is 3.67. The van der Waals surface area contributed by atoms with Crippen molar-refractivity contribution < 1.29 is 14.3 Å². The standard InChI is InChI=1S/C17H17N3O2S/c1-11(21)18-14-6-3-5-13(9-14)16-10-15(17-7-4-8-23-17)19-20(16)12(2)22/h3-9,15,19H,10H2,1-2H3/p+1. The monoisotopic (exact) mass is 328 g/mol. The molecule has 0 spiro atoms. The molecule has 0 radical (unpaired) electrons. The van der Waals surface area contributed by atoms with Crippen LogP contribution in [0.2, 0.25) is 0 Å². The van der Waals surface area contributed by atoms with Crippen molar-refractivity contribution >= 4 is 34.6 Å². The number of hydrazone groups is 1. The minimum absolute atomic E-state index is 0.0519. The van der Waals surface area contributed by atoms with Crippen LogP contribution in [0, 0.1) is 0 Å². The van der Waals surface area contributed by atoms with Gasteiger partial charge in [-0.1, -0.05) is 12.1 Å². The SMILES string of the molecule is CC(=O)Nc1cccc(C2=[N+](C(C)=O)NC(c3cccs3)C2)c1. The zero-order valence-corrected chi connectivity index (χ0v) is 13.8. The molecule has 1 atom stereocenters. The van der Waals surface area contributed by atoms with E-state index in [0.29, 0.717) is 0 Å². The van der Waals surface area contributed by atoms with E-state index in [1.165, 1.54) is 11.8 Å². The number of nitrogens with one attached hydrogen (secondary N) is 2. The smallest absolute Gasteiger partial charge is 0.326 e. The van der Waals surface area contributed by atoms with E-state index in [0.717, 1.165) is 23.4 Å². The van der Waals surface area contributed by atoms with Gasteiger partial charge in [-0.05, 0) is 34.3 Å². The van der Waals surface area contributed by atoms with Gasteiger partial charge in [-0.15, -0.1) is 11.3 Å². The molecule has 2 amide bonds. The van der Waals surface area contributed by atoms with Crippen molar-refractivity contribution in [1.82, 2.24) is 5.43 Å².